The third-order valence-corrected chi connectivity index (χ3v) is 6.97. The number of halogens is 1. The molecule has 1 aliphatic heterocycles. The second-order valence-electron chi connectivity index (χ2n) is 8.88. The molecule has 3 nitrogen and oxygen atoms in total. The van der Waals surface area contributed by atoms with Crippen molar-refractivity contribution < 1.29 is 8.96 Å². The van der Waals surface area contributed by atoms with Gasteiger partial charge in [0.15, 0.2) is 0 Å². The maximum Gasteiger partial charge on any atom is 0.289 e. The fourth-order valence-electron chi connectivity index (χ4n) is 4.96. The van der Waals surface area contributed by atoms with Crippen molar-refractivity contribution in [2.75, 3.05) is 6.67 Å². The number of allylic oxidation sites excluding steroid dienone is 4. The van der Waals surface area contributed by atoms with E-state index in [2.05, 4.69) is 84.7 Å². The molecule has 0 bridgehead atoms. The van der Waals surface area contributed by atoms with Gasteiger partial charge in [0.1, 0.15) is 24.6 Å². The van der Waals surface area contributed by atoms with Gasteiger partial charge in [-0.2, -0.15) is 0 Å². The smallest absolute Gasteiger partial charge is 0.265 e. The quantitative estimate of drug-likeness (QED) is 0.370. The Kier molecular flexibility index (Phi) is 5.65. The zero-order chi connectivity index (χ0) is 22.2. The molecule has 31 heavy (non-hydrogen) atoms. The molecule has 2 atom stereocenters. The minimum Gasteiger partial charge on any atom is -0.265 e. The number of fused-ring (bicyclic) bond motifs is 3. The van der Waals surface area contributed by atoms with Crippen LogP contribution in [0.4, 0.5) is 4.39 Å². The summed E-state index contributed by atoms with van der Waals surface area (Å²) in [5.41, 5.74) is 6.40. The predicted octanol–water partition coefficient (Wildman–Crippen LogP) is 5.99. The van der Waals surface area contributed by atoms with Crippen molar-refractivity contribution in [3.05, 3.63) is 89.5 Å². The molecule has 1 aliphatic rings. The van der Waals surface area contributed by atoms with Crippen molar-refractivity contribution in [2.24, 2.45) is 7.05 Å². The van der Waals surface area contributed by atoms with Crippen molar-refractivity contribution in [3.63, 3.8) is 0 Å². The SMILES string of the molecule is CC(=C/C[C@@]1(C)C(C)c2ccccc2-c2n1cc[n+]2C)/C(=C(/C)CF)c1ccncc1. The minimum atomic E-state index is -0.457. The summed E-state index contributed by atoms with van der Waals surface area (Å²) >= 11 is 0. The van der Waals surface area contributed by atoms with Gasteiger partial charge in [0, 0.05) is 24.7 Å². The first-order valence-electron chi connectivity index (χ1n) is 10.9. The summed E-state index contributed by atoms with van der Waals surface area (Å²) in [7, 11) is 2.11. The van der Waals surface area contributed by atoms with Gasteiger partial charge in [-0.15, -0.1) is 0 Å². The summed E-state index contributed by atoms with van der Waals surface area (Å²) in [5, 5.41) is 0. The van der Waals surface area contributed by atoms with Crippen LogP contribution in [0.25, 0.3) is 17.0 Å². The van der Waals surface area contributed by atoms with Crippen LogP contribution in [0.5, 0.6) is 0 Å². The lowest BCUT2D eigenvalue weighted by Crippen LogP contribution is -2.42. The van der Waals surface area contributed by atoms with E-state index in [1.54, 1.807) is 12.4 Å². The van der Waals surface area contributed by atoms with Crippen LogP contribution in [0.2, 0.25) is 0 Å². The summed E-state index contributed by atoms with van der Waals surface area (Å²) in [6.45, 7) is 8.16. The standard InChI is InChI=1S/C27H31FN3/c1-19(25(20(2)18-28)22-11-14-29-15-12-22)10-13-27(4)21(3)23-8-6-7-9-24(23)26-30(5)16-17-31(26)27/h6-12,14-17,21H,13,18H2,1-5H3/q+1/b19-10-,25-20+/t21?,27-/m0/s1. The van der Waals surface area contributed by atoms with Gasteiger partial charge in [-0.1, -0.05) is 31.2 Å². The first-order chi connectivity index (χ1) is 14.9. The lowest BCUT2D eigenvalue weighted by Gasteiger charge is -2.37. The molecular formula is C27H31FN3+. The molecule has 0 amide bonds. The molecule has 1 aromatic carbocycles. The van der Waals surface area contributed by atoms with Crippen molar-refractivity contribution in [1.82, 2.24) is 9.55 Å². The molecule has 2 aromatic heterocycles. The molecular weight excluding hydrogens is 385 g/mol. The summed E-state index contributed by atoms with van der Waals surface area (Å²) in [6.07, 6.45) is 11.0. The zero-order valence-corrected chi connectivity index (χ0v) is 19.1. The molecule has 4 heteroatoms. The largest absolute Gasteiger partial charge is 0.289 e. The second kappa shape index (κ2) is 8.26. The highest BCUT2D eigenvalue weighted by Gasteiger charge is 2.46. The van der Waals surface area contributed by atoms with Gasteiger partial charge >= 0.3 is 0 Å². The Morgan fingerprint density at radius 3 is 2.61 bits per heavy atom. The van der Waals surface area contributed by atoms with E-state index in [0.717, 1.165) is 28.7 Å². The number of rotatable bonds is 5. The highest BCUT2D eigenvalue weighted by molar-refractivity contribution is 5.80. The molecule has 3 heterocycles. The van der Waals surface area contributed by atoms with Gasteiger partial charge in [-0.05, 0) is 66.8 Å². The summed E-state index contributed by atoms with van der Waals surface area (Å²) in [4.78, 5) is 4.12. The summed E-state index contributed by atoms with van der Waals surface area (Å²) in [5.74, 6) is 1.57. The lowest BCUT2D eigenvalue weighted by molar-refractivity contribution is -0.660. The van der Waals surface area contributed by atoms with Gasteiger partial charge in [0.25, 0.3) is 5.82 Å². The highest BCUT2D eigenvalue weighted by atomic mass is 19.1. The van der Waals surface area contributed by atoms with Crippen LogP contribution < -0.4 is 4.57 Å². The van der Waals surface area contributed by atoms with E-state index < -0.39 is 6.67 Å². The maximum absolute atomic E-state index is 13.7. The number of hydrogen-bond acceptors (Lipinski definition) is 1. The van der Waals surface area contributed by atoms with Crippen LogP contribution in [-0.2, 0) is 12.6 Å². The molecule has 0 saturated carbocycles. The normalized spacial score (nSPS) is 21.4. The third-order valence-electron chi connectivity index (χ3n) is 6.97. The number of alkyl halides is 1. The Hall–Kier alpha value is -3.01. The van der Waals surface area contributed by atoms with E-state index in [1.807, 2.05) is 19.1 Å². The lowest BCUT2D eigenvalue weighted by atomic mass is 9.74. The Bertz CT molecular complexity index is 1160. The molecule has 0 fully saturated rings. The molecule has 0 N–H and O–H groups in total. The maximum atomic E-state index is 13.7. The van der Waals surface area contributed by atoms with Crippen LogP contribution in [0, 0.1) is 0 Å². The number of hydrogen-bond donors (Lipinski definition) is 0. The minimum absolute atomic E-state index is 0.126. The molecule has 1 unspecified atom stereocenters. The summed E-state index contributed by atoms with van der Waals surface area (Å²) < 4.78 is 18.3. The van der Waals surface area contributed by atoms with Crippen LogP contribution in [0.3, 0.4) is 0 Å². The van der Waals surface area contributed by atoms with Gasteiger partial charge in [0.2, 0.25) is 0 Å². The topological polar surface area (TPSA) is 21.7 Å². The monoisotopic (exact) mass is 416 g/mol. The van der Waals surface area contributed by atoms with Crippen LogP contribution in [0.15, 0.2) is 78.4 Å². The van der Waals surface area contributed by atoms with Crippen molar-refractivity contribution in [3.8, 4) is 11.4 Å². The van der Waals surface area contributed by atoms with E-state index in [1.165, 1.54) is 17.0 Å². The fraction of sp³-hybridized carbons (Fsp3) is 0.333. The number of benzene rings is 1. The molecule has 4 rings (SSSR count). The first kappa shape index (κ1) is 21.2. The molecule has 0 aliphatic carbocycles. The Balaban J connectivity index is 1.77. The van der Waals surface area contributed by atoms with Gasteiger partial charge in [-0.3, -0.25) is 4.98 Å². The van der Waals surface area contributed by atoms with E-state index in [4.69, 9.17) is 0 Å². The van der Waals surface area contributed by atoms with Crippen LogP contribution in [0.1, 0.15) is 51.2 Å². The van der Waals surface area contributed by atoms with Crippen LogP contribution >= 0.6 is 0 Å². The zero-order valence-electron chi connectivity index (χ0n) is 19.1. The van der Waals surface area contributed by atoms with Crippen molar-refractivity contribution in [1.29, 1.82) is 0 Å². The van der Waals surface area contributed by atoms with Crippen LogP contribution in [-0.4, -0.2) is 16.2 Å². The third kappa shape index (κ3) is 3.54. The fourth-order valence-corrected chi connectivity index (χ4v) is 4.96. The first-order valence-corrected chi connectivity index (χ1v) is 10.9. The number of imidazole rings is 1. The van der Waals surface area contributed by atoms with E-state index in [0.29, 0.717) is 5.92 Å². The second-order valence-corrected chi connectivity index (χ2v) is 8.88. The number of pyridine rings is 1. The Morgan fingerprint density at radius 2 is 1.90 bits per heavy atom. The predicted molar refractivity (Wildman–Crippen MR) is 124 cm³/mol. The van der Waals surface area contributed by atoms with E-state index in [9.17, 15) is 4.39 Å². The number of aryl methyl sites for hydroxylation is 1. The van der Waals surface area contributed by atoms with Gasteiger partial charge < -0.3 is 0 Å². The molecule has 0 saturated heterocycles. The van der Waals surface area contributed by atoms with Gasteiger partial charge in [0.05, 0.1) is 12.6 Å². The molecule has 3 aromatic rings. The Labute approximate surface area is 184 Å². The average Bonchev–Trinajstić information content (AvgIpc) is 3.19. The van der Waals surface area contributed by atoms with E-state index >= 15 is 0 Å². The van der Waals surface area contributed by atoms with E-state index in [-0.39, 0.29) is 5.54 Å². The number of nitrogens with zero attached hydrogens (tertiary/aromatic N) is 3. The molecule has 0 radical (unpaired) electrons. The van der Waals surface area contributed by atoms with Crippen molar-refractivity contribution in [2.45, 2.75) is 45.6 Å². The molecule has 160 valence electrons. The van der Waals surface area contributed by atoms with Crippen molar-refractivity contribution >= 4 is 5.57 Å². The highest BCUT2D eigenvalue weighted by Crippen LogP contribution is 2.47. The molecule has 0 spiro atoms. The Morgan fingerprint density at radius 1 is 1.19 bits per heavy atom. The summed E-state index contributed by atoms with van der Waals surface area (Å²) in [6, 6.07) is 12.6. The average molecular weight is 417 g/mol. The number of aromatic nitrogens is 3. The van der Waals surface area contributed by atoms with Gasteiger partial charge in [-0.25, -0.2) is 13.5 Å².